The molecule has 0 heteroatoms. The number of rotatable bonds is 9. The Kier molecular flexibility index (Phi) is 10.9. The van der Waals surface area contributed by atoms with Gasteiger partial charge in [-0.2, -0.15) is 0 Å². The van der Waals surface area contributed by atoms with Gasteiger partial charge in [0.1, 0.15) is 0 Å². The van der Waals surface area contributed by atoms with E-state index < -0.39 is 5.41 Å². The van der Waals surface area contributed by atoms with Crippen molar-refractivity contribution in [3.05, 3.63) is 326 Å². The predicted octanol–water partition coefficient (Wildman–Crippen LogP) is 20.0. The van der Waals surface area contributed by atoms with Crippen molar-refractivity contribution in [1.29, 1.82) is 0 Å². The standard InChI is InChI=1S/C75H50/c1-5-21-51(22-6-1)57-29-19-31-63(48-57)75(64-32-20-30-58(49-64)52-23-7-2-8-24-52)71-38-18-17-33-65(71)66-44-43-59(50-72(66)75)74-69-36-15-13-34-67(69)73(68-35-14-16-37-70(68)74)56-41-39-55(40-42-56)62-46-60(53-25-9-3-10-26-53)45-61(47-62)54-27-11-4-12-28-54/h1-50H. The van der Waals surface area contributed by atoms with Crippen molar-refractivity contribution in [3.63, 3.8) is 0 Å². The number of benzene rings is 13. The highest BCUT2D eigenvalue weighted by molar-refractivity contribution is 6.21. The topological polar surface area (TPSA) is 0 Å². The summed E-state index contributed by atoms with van der Waals surface area (Å²) in [6.07, 6.45) is 0. The second kappa shape index (κ2) is 18.5. The Morgan fingerprint density at radius 1 is 0.173 bits per heavy atom. The highest BCUT2D eigenvalue weighted by atomic mass is 14.5. The highest BCUT2D eigenvalue weighted by Crippen LogP contribution is 2.58. The summed E-state index contributed by atoms with van der Waals surface area (Å²) in [4.78, 5) is 0. The van der Waals surface area contributed by atoms with Crippen LogP contribution in [-0.4, -0.2) is 0 Å². The fraction of sp³-hybridized carbons (Fsp3) is 0.0133. The van der Waals surface area contributed by atoms with Crippen LogP contribution >= 0.6 is 0 Å². The van der Waals surface area contributed by atoms with Crippen molar-refractivity contribution < 1.29 is 0 Å². The van der Waals surface area contributed by atoms with E-state index in [1.807, 2.05) is 0 Å². The summed E-state index contributed by atoms with van der Waals surface area (Å²) in [5.74, 6) is 0. The lowest BCUT2D eigenvalue weighted by atomic mass is 9.66. The third-order valence-corrected chi connectivity index (χ3v) is 15.7. The van der Waals surface area contributed by atoms with Gasteiger partial charge in [0, 0.05) is 0 Å². The summed E-state index contributed by atoms with van der Waals surface area (Å²) in [5.41, 5.74) is 23.9. The van der Waals surface area contributed by atoms with Crippen LogP contribution in [0, 0.1) is 0 Å². The molecule has 0 heterocycles. The zero-order valence-electron chi connectivity index (χ0n) is 41.4. The average molecular weight is 951 g/mol. The summed E-state index contributed by atoms with van der Waals surface area (Å²) >= 11 is 0. The first kappa shape index (κ1) is 44.1. The molecule has 0 saturated heterocycles. The Morgan fingerprint density at radius 2 is 0.507 bits per heavy atom. The van der Waals surface area contributed by atoms with Crippen LogP contribution in [0.25, 0.3) is 111 Å². The van der Waals surface area contributed by atoms with Gasteiger partial charge in [0.2, 0.25) is 0 Å². The molecule has 0 fully saturated rings. The molecule has 1 aliphatic carbocycles. The molecule has 0 unspecified atom stereocenters. The van der Waals surface area contributed by atoms with Crippen molar-refractivity contribution in [2.24, 2.45) is 0 Å². The third kappa shape index (κ3) is 7.53. The molecule has 350 valence electrons. The Morgan fingerprint density at radius 3 is 0.973 bits per heavy atom. The van der Waals surface area contributed by atoms with Crippen LogP contribution in [-0.2, 0) is 5.41 Å². The average Bonchev–Trinajstić information content (AvgIpc) is 3.82. The number of hydrogen-bond acceptors (Lipinski definition) is 0. The van der Waals surface area contributed by atoms with Crippen molar-refractivity contribution in [1.82, 2.24) is 0 Å². The quantitative estimate of drug-likeness (QED) is 0.127. The highest BCUT2D eigenvalue weighted by Gasteiger charge is 2.46. The van der Waals surface area contributed by atoms with Gasteiger partial charge < -0.3 is 0 Å². The minimum Gasteiger partial charge on any atom is -0.0622 e. The fourth-order valence-corrected chi connectivity index (χ4v) is 12.3. The number of fused-ring (bicyclic) bond motifs is 5. The van der Waals surface area contributed by atoms with Crippen LogP contribution < -0.4 is 0 Å². The zero-order chi connectivity index (χ0) is 49.7. The normalized spacial score (nSPS) is 12.4. The van der Waals surface area contributed by atoms with Crippen molar-refractivity contribution >= 4 is 21.5 Å². The molecule has 75 heavy (non-hydrogen) atoms. The van der Waals surface area contributed by atoms with Gasteiger partial charge in [0.15, 0.2) is 0 Å². The molecular weight excluding hydrogens is 901 g/mol. The molecule has 0 nitrogen and oxygen atoms in total. The Balaban J connectivity index is 0.960. The molecule has 13 aromatic rings. The van der Waals surface area contributed by atoms with E-state index in [1.165, 1.54) is 133 Å². The second-order valence-electron chi connectivity index (χ2n) is 19.9. The zero-order valence-corrected chi connectivity index (χ0v) is 41.4. The van der Waals surface area contributed by atoms with Gasteiger partial charge in [-0.3, -0.25) is 0 Å². The maximum atomic E-state index is 2.54. The first-order chi connectivity index (χ1) is 37.2. The molecule has 0 atom stereocenters. The van der Waals surface area contributed by atoms with E-state index in [9.17, 15) is 0 Å². The summed E-state index contributed by atoms with van der Waals surface area (Å²) in [5, 5.41) is 4.93. The van der Waals surface area contributed by atoms with E-state index in [2.05, 4.69) is 303 Å². The Labute approximate surface area is 439 Å². The van der Waals surface area contributed by atoms with Crippen molar-refractivity contribution in [3.8, 4) is 89.0 Å². The molecule has 0 saturated carbocycles. The molecular formula is C75H50. The molecule has 0 amide bonds. The maximum Gasteiger partial charge on any atom is 0.0714 e. The molecule has 0 aliphatic heterocycles. The Hall–Kier alpha value is -9.62. The maximum absolute atomic E-state index is 2.54. The lowest BCUT2D eigenvalue weighted by molar-refractivity contribution is 0.769. The van der Waals surface area contributed by atoms with Gasteiger partial charge in [0.25, 0.3) is 0 Å². The molecule has 14 rings (SSSR count). The van der Waals surface area contributed by atoms with Gasteiger partial charge in [0.05, 0.1) is 5.41 Å². The fourth-order valence-electron chi connectivity index (χ4n) is 12.3. The van der Waals surface area contributed by atoms with Gasteiger partial charge >= 0.3 is 0 Å². The molecule has 0 aromatic heterocycles. The molecule has 0 radical (unpaired) electrons. The SMILES string of the molecule is c1ccc(-c2cc(-c3ccccc3)cc(-c3ccc(-c4c5ccccc5c(-c5ccc6c(c5)C(c5cccc(-c7ccccc7)c5)(c5cccc(-c7ccccc7)c5)c5ccccc5-6)c5ccccc45)cc3)c2)cc1. The molecule has 0 N–H and O–H groups in total. The minimum absolute atomic E-state index is 0.632. The van der Waals surface area contributed by atoms with E-state index in [4.69, 9.17) is 0 Å². The lowest BCUT2D eigenvalue weighted by Gasteiger charge is -2.35. The van der Waals surface area contributed by atoms with E-state index >= 15 is 0 Å². The van der Waals surface area contributed by atoms with E-state index in [1.54, 1.807) is 0 Å². The van der Waals surface area contributed by atoms with E-state index in [-0.39, 0.29) is 0 Å². The lowest BCUT2D eigenvalue weighted by Crippen LogP contribution is -2.28. The number of hydrogen-bond donors (Lipinski definition) is 0. The first-order valence-electron chi connectivity index (χ1n) is 26.1. The molecule has 13 aromatic carbocycles. The molecule has 0 spiro atoms. The molecule has 0 bridgehead atoms. The summed E-state index contributed by atoms with van der Waals surface area (Å²) in [6.45, 7) is 0. The van der Waals surface area contributed by atoms with Crippen LogP contribution in [0.5, 0.6) is 0 Å². The van der Waals surface area contributed by atoms with Crippen LogP contribution in [0.4, 0.5) is 0 Å². The minimum atomic E-state index is -0.632. The van der Waals surface area contributed by atoms with Crippen LogP contribution in [0.15, 0.2) is 303 Å². The second-order valence-corrected chi connectivity index (χ2v) is 19.9. The summed E-state index contributed by atoms with van der Waals surface area (Å²) < 4.78 is 0. The van der Waals surface area contributed by atoms with Gasteiger partial charge in [-0.15, -0.1) is 0 Å². The first-order valence-corrected chi connectivity index (χ1v) is 26.1. The smallest absolute Gasteiger partial charge is 0.0622 e. The monoisotopic (exact) mass is 950 g/mol. The van der Waals surface area contributed by atoms with Crippen LogP contribution in [0.1, 0.15) is 22.3 Å². The van der Waals surface area contributed by atoms with Gasteiger partial charge in [-0.05, 0) is 169 Å². The van der Waals surface area contributed by atoms with Crippen LogP contribution in [0.3, 0.4) is 0 Å². The van der Waals surface area contributed by atoms with E-state index in [0.717, 1.165) is 0 Å². The summed E-state index contributed by atoms with van der Waals surface area (Å²) in [7, 11) is 0. The molecule has 1 aliphatic rings. The van der Waals surface area contributed by atoms with Crippen LogP contribution in [0.2, 0.25) is 0 Å². The van der Waals surface area contributed by atoms with Gasteiger partial charge in [-0.25, -0.2) is 0 Å². The third-order valence-electron chi connectivity index (χ3n) is 15.7. The summed E-state index contributed by atoms with van der Waals surface area (Å²) in [6, 6.07) is 112. The van der Waals surface area contributed by atoms with Crippen molar-refractivity contribution in [2.75, 3.05) is 0 Å². The largest absolute Gasteiger partial charge is 0.0714 e. The van der Waals surface area contributed by atoms with Crippen molar-refractivity contribution in [2.45, 2.75) is 5.41 Å². The van der Waals surface area contributed by atoms with E-state index in [0.29, 0.717) is 0 Å². The Bertz CT molecular complexity index is 4050. The predicted molar refractivity (Wildman–Crippen MR) is 317 cm³/mol. The van der Waals surface area contributed by atoms with Gasteiger partial charge in [-0.1, -0.05) is 267 Å².